The fourth-order valence-corrected chi connectivity index (χ4v) is 4.19. The summed E-state index contributed by atoms with van der Waals surface area (Å²) >= 11 is 3.07. The van der Waals surface area contributed by atoms with Gasteiger partial charge in [0.05, 0.1) is 9.58 Å². The van der Waals surface area contributed by atoms with Crippen LogP contribution >= 0.6 is 47.5 Å². The molecule has 2 N–H and O–H groups in total. The van der Waals surface area contributed by atoms with Gasteiger partial charge >= 0.3 is 0 Å². The van der Waals surface area contributed by atoms with Gasteiger partial charge in [-0.15, -0.1) is 36.2 Å². The highest BCUT2D eigenvalue weighted by Crippen LogP contribution is 2.33. The van der Waals surface area contributed by atoms with E-state index in [1.54, 1.807) is 11.3 Å². The molecule has 0 fully saturated rings. The number of fused-ring (bicyclic) bond motifs is 1. The molecule has 0 unspecified atom stereocenters. The van der Waals surface area contributed by atoms with Gasteiger partial charge in [-0.3, -0.25) is 4.79 Å². The quantitative estimate of drug-likeness (QED) is 0.782. The number of thiazole rings is 1. The summed E-state index contributed by atoms with van der Waals surface area (Å²) < 4.78 is 1.08. The number of anilines is 1. The lowest BCUT2D eigenvalue weighted by atomic mass is 10.1. The van der Waals surface area contributed by atoms with Gasteiger partial charge in [-0.05, 0) is 19.0 Å². The number of rotatable bonds is 4. The first-order chi connectivity index (χ1) is 10.1. The van der Waals surface area contributed by atoms with Crippen LogP contribution in [0.5, 0.6) is 0 Å². The van der Waals surface area contributed by atoms with Crippen molar-refractivity contribution in [3.05, 3.63) is 22.6 Å². The third-order valence-corrected chi connectivity index (χ3v) is 5.65. The average Bonchev–Trinajstić information content (AvgIpc) is 3.04. The summed E-state index contributed by atoms with van der Waals surface area (Å²) in [5.74, 6) is -0.00367. The molecule has 0 atom stereocenters. The van der Waals surface area contributed by atoms with E-state index in [1.165, 1.54) is 16.9 Å². The van der Waals surface area contributed by atoms with Gasteiger partial charge in [0, 0.05) is 27.2 Å². The smallest absolute Gasteiger partial charge is 0.261 e. The molecule has 0 bridgehead atoms. The van der Waals surface area contributed by atoms with Crippen LogP contribution in [0.1, 0.15) is 16.1 Å². The van der Waals surface area contributed by atoms with Gasteiger partial charge in [-0.25, -0.2) is 4.98 Å². The predicted octanol–water partition coefficient (Wildman–Crippen LogP) is 2.92. The molecule has 3 rings (SSSR count). The molecule has 0 aliphatic carbocycles. The summed E-state index contributed by atoms with van der Waals surface area (Å²) in [5.41, 5.74) is 1.30. The van der Waals surface area contributed by atoms with Crippen LogP contribution in [0.3, 0.4) is 0 Å². The van der Waals surface area contributed by atoms with E-state index < -0.39 is 0 Å². The minimum atomic E-state index is -0.00367. The predicted molar refractivity (Wildman–Crippen MR) is 104 cm³/mol. The number of thiophene rings is 1. The second-order valence-electron chi connectivity index (χ2n) is 5.17. The van der Waals surface area contributed by atoms with E-state index in [0.29, 0.717) is 6.54 Å². The number of amides is 1. The zero-order chi connectivity index (χ0) is 14.8. The Labute approximate surface area is 156 Å². The number of hydrogen-bond donors (Lipinski definition) is 2. The topological polar surface area (TPSA) is 57.3 Å². The summed E-state index contributed by atoms with van der Waals surface area (Å²) in [6, 6.07) is 1.94. The highest BCUT2D eigenvalue weighted by Gasteiger charge is 2.15. The van der Waals surface area contributed by atoms with E-state index in [9.17, 15) is 4.79 Å². The molecule has 5 nitrogen and oxygen atoms in total. The van der Waals surface area contributed by atoms with Crippen LogP contribution in [-0.2, 0) is 0 Å². The summed E-state index contributed by atoms with van der Waals surface area (Å²) in [6.45, 7) is 2.53. The minimum Gasteiger partial charge on any atom is -0.354 e. The lowest BCUT2D eigenvalue weighted by Gasteiger charge is -2.14. The summed E-state index contributed by atoms with van der Waals surface area (Å²) in [5, 5.41) is 7.24. The molecule has 1 aliphatic heterocycles. The molecule has 0 spiro atoms. The first kappa shape index (κ1) is 20.2. The third kappa shape index (κ3) is 4.81. The minimum absolute atomic E-state index is 0. The van der Waals surface area contributed by atoms with Crippen molar-refractivity contribution in [1.29, 1.82) is 0 Å². The maximum atomic E-state index is 12.2. The molecular formula is C14H20Cl2N4OS2. The standard InChI is InChI=1S/C14H18N4OS2.2ClH/c1-18(2)14-17-13-11(21-14)7-10(20-13)12(19)16-8-9-3-5-15-6-4-9;;/h3,7,15H,4-6,8H2,1-2H3,(H,16,19);2*1H. The van der Waals surface area contributed by atoms with Crippen molar-refractivity contribution < 1.29 is 4.79 Å². The number of nitrogens with zero attached hydrogens (tertiary/aromatic N) is 2. The largest absolute Gasteiger partial charge is 0.354 e. The van der Waals surface area contributed by atoms with Crippen LogP contribution in [0.4, 0.5) is 5.13 Å². The molecule has 1 aliphatic rings. The molecule has 0 saturated heterocycles. The number of halogens is 2. The van der Waals surface area contributed by atoms with Crippen molar-refractivity contribution in [2.45, 2.75) is 6.42 Å². The monoisotopic (exact) mass is 394 g/mol. The third-order valence-electron chi connectivity index (χ3n) is 3.32. The lowest BCUT2D eigenvalue weighted by molar-refractivity contribution is 0.0960. The molecule has 0 radical (unpaired) electrons. The molecule has 0 aromatic carbocycles. The molecule has 9 heteroatoms. The Hall–Kier alpha value is -0.860. The molecule has 3 heterocycles. The van der Waals surface area contributed by atoms with Gasteiger partial charge in [0.25, 0.3) is 5.91 Å². The Morgan fingerprint density at radius 3 is 2.78 bits per heavy atom. The fourth-order valence-electron chi connectivity index (χ4n) is 2.14. The second kappa shape index (κ2) is 8.84. The number of hydrogen-bond acceptors (Lipinski definition) is 6. The first-order valence-electron chi connectivity index (χ1n) is 6.88. The average molecular weight is 395 g/mol. The number of aromatic nitrogens is 1. The maximum Gasteiger partial charge on any atom is 0.261 e. The van der Waals surface area contributed by atoms with Crippen molar-refractivity contribution in [2.24, 2.45) is 0 Å². The zero-order valence-corrected chi connectivity index (χ0v) is 16.2. The van der Waals surface area contributed by atoms with Gasteiger partial charge in [-0.2, -0.15) is 0 Å². The second-order valence-corrected chi connectivity index (χ2v) is 7.21. The van der Waals surface area contributed by atoms with Gasteiger partial charge in [-0.1, -0.05) is 23.0 Å². The van der Waals surface area contributed by atoms with Gasteiger partial charge < -0.3 is 15.5 Å². The van der Waals surface area contributed by atoms with E-state index in [0.717, 1.165) is 39.0 Å². The van der Waals surface area contributed by atoms with E-state index >= 15 is 0 Å². The van der Waals surface area contributed by atoms with Crippen molar-refractivity contribution >= 4 is 68.1 Å². The van der Waals surface area contributed by atoms with Crippen LogP contribution in [0.15, 0.2) is 17.7 Å². The van der Waals surface area contributed by atoms with E-state index in [1.807, 2.05) is 25.1 Å². The van der Waals surface area contributed by atoms with Crippen LogP contribution in [0, 0.1) is 0 Å². The molecule has 2 aromatic rings. The van der Waals surface area contributed by atoms with Crippen LogP contribution in [0.2, 0.25) is 0 Å². The Morgan fingerprint density at radius 1 is 1.39 bits per heavy atom. The van der Waals surface area contributed by atoms with Gasteiger partial charge in [0.15, 0.2) is 5.13 Å². The van der Waals surface area contributed by atoms with Crippen molar-refractivity contribution in [1.82, 2.24) is 15.6 Å². The number of carbonyl (C=O) groups is 1. The van der Waals surface area contributed by atoms with Crippen LogP contribution in [-0.4, -0.2) is 44.6 Å². The molecule has 128 valence electrons. The normalized spacial score (nSPS) is 13.7. The number of nitrogens with one attached hydrogen (secondary N) is 2. The summed E-state index contributed by atoms with van der Waals surface area (Å²) in [6.07, 6.45) is 3.16. The Bertz CT molecular complexity index is 665. The maximum absolute atomic E-state index is 12.2. The summed E-state index contributed by atoms with van der Waals surface area (Å²) in [4.78, 5) is 20.4. The van der Waals surface area contributed by atoms with Crippen molar-refractivity contribution in [3.63, 3.8) is 0 Å². The van der Waals surface area contributed by atoms with Crippen molar-refractivity contribution in [2.75, 3.05) is 38.6 Å². The molecule has 1 amide bonds. The van der Waals surface area contributed by atoms with Crippen molar-refractivity contribution in [3.8, 4) is 0 Å². The van der Waals surface area contributed by atoms with Gasteiger partial charge in [0.2, 0.25) is 0 Å². The highest BCUT2D eigenvalue weighted by atomic mass is 35.5. The first-order valence-corrected chi connectivity index (χ1v) is 8.51. The fraction of sp³-hybridized carbons (Fsp3) is 0.429. The van der Waals surface area contributed by atoms with E-state index in [-0.39, 0.29) is 30.7 Å². The lowest BCUT2D eigenvalue weighted by Crippen LogP contribution is -2.29. The SMILES string of the molecule is CN(C)c1nc2sc(C(=O)NCC3=CCNCC3)cc2s1.Cl.Cl. The summed E-state index contributed by atoms with van der Waals surface area (Å²) in [7, 11) is 3.95. The zero-order valence-electron chi connectivity index (χ0n) is 12.9. The van der Waals surface area contributed by atoms with Crippen LogP contribution < -0.4 is 15.5 Å². The Kier molecular flexibility index (Phi) is 7.76. The van der Waals surface area contributed by atoms with E-state index in [4.69, 9.17) is 0 Å². The molecule has 2 aromatic heterocycles. The Balaban J connectivity index is 0.00000132. The molecular weight excluding hydrogens is 375 g/mol. The van der Waals surface area contributed by atoms with Gasteiger partial charge in [0.1, 0.15) is 4.83 Å². The molecule has 0 saturated carbocycles. The van der Waals surface area contributed by atoms with Crippen LogP contribution in [0.25, 0.3) is 9.53 Å². The Morgan fingerprint density at radius 2 is 2.17 bits per heavy atom. The van der Waals surface area contributed by atoms with E-state index in [2.05, 4.69) is 21.7 Å². The highest BCUT2D eigenvalue weighted by molar-refractivity contribution is 7.29. The number of carbonyl (C=O) groups excluding carboxylic acids is 1. The molecule has 23 heavy (non-hydrogen) atoms.